The third-order valence-electron chi connectivity index (χ3n) is 4.88. The summed E-state index contributed by atoms with van der Waals surface area (Å²) in [5.41, 5.74) is 2.05. The standard InChI is InChI=1S/C21H26ClN3O2/c1-16-15-19(6-7-20(16)22)27-17(2)21(26)25-13-11-24(12-14-25)10-8-18-5-3-4-9-23-18/h3-7,9,15,17H,8,10-14H2,1-2H3. The summed E-state index contributed by atoms with van der Waals surface area (Å²) >= 11 is 6.04. The van der Waals surface area contributed by atoms with Crippen LogP contribution in [0.5, 0.6) is 5.75 Å². The van der Waals surface area contributed by atoms with Crippen LogP contribution in [0, 0.1) is 6.92 Å². The van der Waals surface area contributed by atoms with Crippen molar-refractivity contribution in [1.29, 1.82) is 0 Å². The van der Waals surface area contributed by atoms with Crippen LogP contribution in [0.1, 0.15) is 18.2 Å². The predicted molar refractivity (Wildman–Crippen MR) is 107 cm³/mol. The first-order valence-electron chi connectivity index (χ1n) is 9.37. The lowest BCUT2D eigenvalue weighted by atomic mass is 10.2. The minimum atomic E-state index is -0.509. The molecule has 1 aliphatic heterocycles. The summed E-state index contributed by atoms with van der Waals surface area (Å²) in [6.45, 7) is 7.92. The molecular weight excluding hydrogens is 362 g/mol. The molecule has 0 N–H and O–H groups in total. The van der Waals surface area contributed by atoms with Crippen molar-refractivity contribution in [3.05, 3.63) is 58.9 Å². The van der Waals surface area contributed by atoms with E-state index >= 15 is 0 Å². The van der Waals surface area contributed by atoms with E-state index in [1.807, 2.05) is 36.2 Å². The summed E-state index contributed by atoms with van der Waals surface area (Å²) in [6.07, 6.45) is 2.25. The Balaban J connectivity index is 1.45. The van der Waals surface area contributed by atoms with E-state index in [9.17, 15) is 4.79 Å². The number of piperazine rings is 1. The Hall–Kier alpha value is -2.11. The van der Waals surface area contributed by atoms with Gasteiger partial charge in [-0.3, -0.25) is 14.7 Å². The lowest BCUT2D eigenvalue weighted by molar-refractivity contribution is -0.139. The van der Waals surface area contributed by atoms with Crippen LogP contribution in [0.3, 0.4) is 0 Å². The van der Waals surface area contributed by atoms with Crippen LogP contribution >= 0.6 is 11.6 Å². The number of amides is 1. The van der Waals surface area contributed by atoms with Gasteiger partial charge in [0.1, 0.15) is 5.75 Å². The maximum atomic E-state index is 12.7. The van der Waals surface area contributed by atoms with Crippen LogP contribution in [0.25, 0.3) is 0 Å². The molecule has 1 aromatic heterocycles. The Morgan fingerprint density at radius 3 is 2.67 bits per heavy atom. The SMILES string of the molecule is Cc1cc(OC(C)C(=O)N2CCN(CCc3ccccn3)CC2)ccc1Cl. The molecule has 2 heterocycles. The Morgan fingerprint density at radius 1 is 1.22 bits per heavy atom. The predicted octanol–water partition coefficient (Wildman–Crippen LogP) is 3.20. The average Bonchev–Trinajstić information content (AvgIpc) is 2.70. The van der Waals surface area contributed by atoms with Crippen LogP contribution in [-0.4, -0.2) is 59.5 Å². The van der Waals surface area contributed by atoms with Gasteiger partial charge in [-0.15, -0.1) is 0 Å². The molecule has 0 aliphatic carbocycles. The third kappa shape index (κ3) is 5.44. The molecule has 0 radical (unpaired) electrons. The van der Waals surface area contributed by atoms with E-state index in [0.717, 1.165) is 50.4 Å². The van der Waals surface area contributed by atoms with Gasteiger partial charge in [0.25, 0.3) is 5.91 Å². The number of nitrogens with zero attached hydrogens (tertiary/aromatic N) is 3. The molecule has 0 saturated carbocycles. The molecule has 2 aromatic rings. The highest BCUT2D eigenvalue weighted by Crippen LogP contribution is 2.22. The molecule has 0 bridgehead atoms. The van der Waals surface area contributed by atoms with Gasteiger partial charge in [-0.05, 0) is 49.7 Å². The van der Waals surface area contributed by atoms with Crippen LogP contribution in [0.4, 0.5) is 0 Å². The van der Waals surface area contributed by atoms with Crippen LogP contribution in [0.2, 0.25) is 5.02 Å². The molecule has 1 aliphatic rings. The number of halogens is 1. The number of rotatable bonds is 6. The fraction of sp³-hybridized carbons (Fsp3) is 0.429. The van der Waals surface area contributed by atoms with Crippen molar-refractivity contribution in [3.8, 4) is 5.75 Å². The topological polar surface area (TPSA) is 45.7 Å². The van der Waals surface area contributed by atoms with Gasteiger partial charge in [0, 0.05) is 56.1 Å². The monoisotopic (exact) mass is 387 g/mol. The highest BCUT2D eigenvalue weighted by molar-refractivity contribution is 6.31. The normalized spacial score (nSPS) is 16.2. The zero-order chi connectivity index (χ0) is 19.2. The summed E-state index contributed by atoms with van der Waals surface area (Å²) in [5, 5.41) is 0.697. The summed E-state index contributed by atoms with van der Waals surface area (Å²) in [5.74, 6) is 0.707. The van der Waals surface area contributed by atoms with E-state index in [1.54, 1.807) is 19.1 Å². The molecule has 1 aromatic carbocycles. The van der Waals surface area contributed by atoms with E-state index in [2.05, 4.69) is 16.0 Å². The lowest BCUT2D eigenvalue weighted by Gasteiger charge is -2.35. The lowest BCUT2D eigenvalue weighted by Crippen LogP contribution is -2.52. The summed E-state index contributed by atoms with van der Waals surface area (Å²) in [6, 6.07) is 11.5. The molecule has 5 nitrogen and oxygen atoms in total. The van der Waals surface area contributed by atoms with Crippen molar-refractivity contribution in [1.82, 2.24) is 14.8 Å². The van der Waals surface area contributed by atoms with Crippen molar-refractivity contribution in [2.45, 2.75) is 26.4 Å². The van der Waals surface area contributed by atoms with Crippen LogP contribution in [0.15, 0.2) is 42.6 Å². The van der Waals surface area contributed by atoms with Gasteiger partial charge in [-0.25, -0.2) is 0 Å². The van der Waals surface area contributed by atoms with Crippen molar-refractivity contribution in [3.63, 3.8) is 0 Å². The van der Waals surface area contributed by atoms with E-state index in [4.69, 9.17) is 16.3 Å². The smallest absolute Gasteiger partial charge is 0.263 e. The summed E-state index contributed by atoms with van der Waals surface area (Å²) in [4.78, 5) is 21.3. The first kappa shape index (κ1) is 19.6. The number of carbonyl (C=O) groups excluding carboxylic acids is 1. The van der Waals surface area contributed by atoms with Crippen molar-refractivity contribution >= 4 is 17.5 Å². The van der Waals surface area contributed by atoms with Gasteiger partial charge in [0.2, 0.25) is 0 Å². The molecule has 1 atom stereocenters. The molecule has 1 amide bonds. The molecule has 1 unspecified atom stereocenters. The van der Waals surface area contributed by atoms with Crippen molar-refractivity contribution in [2.75, 3.05) is 32.7 Å². The zero-order valence-corrected chi connectivity index (χ0v) is 16.7. The Bertz CT molecular complexity index is 761. The highest BCUT2D eigenvalue weighted by Gasteiger charge is 2.26. The first-order chi connectivity index (χ1) is 13.0. The van der Waals surface area contributed by atoms with E-state index in [1.165, 1.54) is 0 Å². The number of hydrogen-bond donors (Lipinski definition) is 0. The van der Waals surface area contributed by atoms with Crippen molar-refractivity contribution < 1.29 is 9.53 Å². The largest absolute Gasteiger partial charge is 0.481 e. The Morgan fingerprint density at radius 2 is 2.00 bits per heavy atom. The van der Waals surface area contributed by atoms with E-state index in [-0.39, 0.29) is 5.91 Å². The van der Waals surface area contributed by atoms with Crippen LogP contribution < -0.4 is 4.74 Å². The molecule has 3 rings (SSSR count). The second-order valence-electron chi connectivity index (χ2n) is 6.91. The van der Waals surface area contributed by atoms with Crippen molar-refractivity contribution in [2.24, 2.45) is 0 Å². The molecule has 1 saturated heterocycles. The second-order valence-corrected chi connectivity index (χ2v) is 7.32. The van der Waals surface area contributed by atoms with Crippen LogP contribution in [-0.2, 0) is 11.2 Å². The minimum Gasteiger partial charge on any atom is -0.481 e. The molecule has 6 heteroatoms. The van der Waals surface area contributed by atoms with Gasteiger partial charge in [-0.1, -0.05) is 17.7 Å². The number of aromatic nitrogens is 1. The molecule has 1 fully saturated rings. The molecular formula is C21H26ClN3O2. The Kier molecular flexibility index (Phi) is 6.69. The number of ether oxygens (including phenoxy) is 1. The quantitative estimate of drug-likeness (QED) is 0.763. The number of aryl methyl sites for hydroxylation is 1. The highest BCUT2D eigenvalue weighted by atomic mass is 35.5. The fourth-order valence-corrected chi connectivity index (χ4v) is 3.33. The van der Waals surface area contributed by atoms with Gasteiger partial charge in [0.15, 0.2) is 6.10 Å². The van der Waals surface area contributed by atoms with Gasteiger partial charge < -0.3 is 9.64 Å². The maximum absolute atomic E-state index is 12.7. The first-order valence-corrected chi connectivity index (χ1v) is 9.74. The molecule has 144 valence electrons. The molecule has 27 heavy (non-hydrogen) atoms. The fourth-order valence-electron chi connectivity index (χ4n) is 3.21. The summed E-state index contributed by atoms with van der Waals surface area (Å²) in [7, 11) is 0. The van der Waals surface area contributed by atoms with Gasteiger partial charge >= 0.3 is 0 Å². The summed E-state index contributed by atoms with van der Waals surface area (Å²) < 4.78 is 5.83. The second kappa shape index (κ2) is 9.20. The van der Waals surface area contributed by atoms with Gasteiger partial charge in [0.05, 0.1) is 0 Å². The zero-order valence-electron chi connectivity index (χ0n) is 15.9. The number of pyridine rings is 1. The third-order valence-corrected chi connectivity index (χ3v) is 5.31. The number of hydrogen-bond acceptors (Lipinski definition) is 4. The molecule has 0 spiro atoms. The average molecular weight is 388 g/mol. The van der Waals surface area contributed by atoms with E-state index < -0.39 is 6.10 Å². The minimum absolute atomic E-state index is 0.0342. The van der Waals surface area contributed by atoms with Gasteiger partial charge in [-0.2, -0.15) is 0 Å². The Labute approximate surface area is 165 Å². The van der Waals surface area contributed by atoms with E-state index in [0.29, 0.717) is 10.8 Å². The number of benzene rings is 1. The number of carbonyl (C=O) groups is 1. The maximum Gasteiger partial charge on any atom is 0.263 e.